The summed E-state index contributed by atoms with van der Waals surface area (Å²) in [5, 5.41) is 0. The van der Waals surface area contributed by atoms with E-state index in [1.165, 1.54) is 11.7 Å². The van der Waals surface area contributed by atoms with Gasteiger partial charge in [0.25, 0.3) is 0 Å². The van der Waals surface area contributed by atoms with Crippen LogP contribution in [0.5, 0.6) is 0 Å². The molecular formula is C10H13NO4. The number of aromatic nitrogens is 1. The van der Waals surface area contributed by atoms with Crippen LogP contribution in [0.2, 0.25) is 0 Å². The van der Waals surface area contributed by atoms with Crippen LogP contribution in [-0.2, 0) is 20.8 Å². The summed E-state index contributed by atoms with van der Waals surface area (Å²) in [4.78, 5) is 21.8. The second kappa shape index (κ2) is 5.98. The summed E-state index contributed by atoms with van der Waals surface area (Å²) in [6.07, 6.45) is 2.35. The lowest BCUT2D eigenvalue weighted by molar-refractivity contribution is -0.145. The van der Waals surface area contributed by atoms with Crippen molar-refractivity contribution in [3.63, 3.8) is 0 Å². The first kappa shape index (κ1) is 11.5. The van der Waals surface area contributed by atoms with Crippen LogP contribution in [-0.4, -0.2) is 37.1 Å². The van der Waals surface area contributed by atoms with Crippen LogP contribution in [0.4, 0.5) is 0 Å². The van der Waals surface area contributed by atoms with Crippen molar-refractivity contribution in [2.24, 2.45) is 0 Å². The molecule has 5 heteroatoms. The van der Waals surface area contributed by atoms with E-state index < -0.39 is 0 Å². The van der Waals surface area contributed by atoms with Crippen LogP contribution in [0.25, 0.3) is 0 Å². The Morgan fingerprint density at radius 3 is 3.00 bits per heavy atom. The molecule has 0 aliphatic carbocycles. The fraction of sp³-hybridized carbons (Fsp3) is 0.400. The van der Waals surface area contributed by atoms with Crippen molar-refractivity contribution in [2.75, 3.05) is 20.3 Å². The van der Waals surface area contributed by atoms with Gasteiger partial charge in [0, 0.05) is 13.3 Å². The topological polar surface area (TPSA) is 57.5 Å². The van der Waals surface area contributed by atoms with E-state index in [4.69, 9.17) is 9.47 Å². The molecule has 1 heterocycles. The molecule has 82 valence electrons. The monoisotopic (exact) mass is 211 g/mol. The fourth-order valence-electron chi connectivity index (χ4n) is 1.10. The summed E-state index contributed by atoms with van der Waals surface area (Å²) in [6.45, 7) is 0.649. The number of hydrogen-bond acceptors (Lipinski definition) is 4. The van der Waals surface area contributed by atoms with Crippen molar-refractivity contribution < 1.29 is 19.1 Å². The fourth-order valence-corrected chi connectivity index (χ4v) is 1.10. The minimum atomic E-state index is -0.383. The Balaban J connectivity index is 2.40. The molecule has 0 amide bonds. The molecule has 0 N–H and O–H groups in total. The van der Waals surface area contributed by atoms with Crippen LogP contribution >= 0.6 is 0 Å². The number of nitrogens with zero attached hydrogens (tertiary/aromatic N) is 1. The van der Waals surface area contributed by atoms with Crippen molar-refractivity contribution in [3.05, 3.63) is 24.0 Å². The van der Waals surface area contributed by atoms with E-state index in [1.54, 1.807) is 18.3 Å². The maximum absolute atomic E-state index is 11.2. The summed E-state index contributed by atoms with van der Waals surface area (Å²) < 4.78 is 11.1. The first-order chi connectivity index (χ1) is 7.27. The van der Waals surface area contributed by atoms with E-state index in [9.17, 15) is 9.59 Å². The maximum atomic E-state index is 11.2. The highest BCUT2D eigenvalue weighted by Gasteiger charge is 2.06. The van der Waals surface area contributed by atoms with E-state index >= 15 is 0 Å². The van der Waals surface area contributed by atoms with Crippen molar-refractivity contribution >= 4 is 12.3 Å². The van der Waals surface area contributed by atoms with E-state index in [0.29, 0.717) is 18.6 Å². The molecule has 0 saturated carbocycles. The third kappa shape index (κ3) is 3.55. The highest BCUT2D eigenvalue weighted by Crippen LogP contribution is 1.99. The van der Waals surface area contributed by atoms with Gasteiger partial charge in [-0.2, -0.15) is 0 Å². The van der Waals surface area contributed by atoms with Crippen molar-refractivity contribution in [1.82, 2.24) is 4.57 Å². The van der Waals surface area contributed by atoms with Gasteiger partial charge in [0.2, 0.25) is 0 Å². The molecule has 0 spiro atoms. The molecule has 0 aliphatic rings. The van der Waals surface area contributed by atoms with Crippen LogP contribution in [0, 0.1) is 0 Å². The zero-order valence-electron chi connectivity index (χ0n) is 8.51. The Morgan fingerprint density at radius 1 is 1.53 bits per heavy atom. The molecule has 0 aliphatic heterocycles. The second-order valence-corrected chi connectivity index (χ2v) is 2.89. The summed E-state index contributed by atoms with van der Waals surface area (Å²) in [7, 11) is 1.53. The zero-order valence-corrected chi connectivity index (χ0v) is 8.51. The summed E-state index contributed by atoms with van der Waals surface area (Å²) in [6, 6.07) is 3.33. The summed E-state index contributed by atoms with van der Waals surface area (Å²) in [5.74, 6) is -0.383. The first-order valence-electron chi connectivity index (χ1n) is 4.53. The number of ether oxygens (including phenoxy) is 2. The quantitative estimate of drug-likeness (QED) is 0.390. The largest absolute Gasteiger partial charge is 0.462 e. The first-order valence-corrected chi connectivity index (χ1v) is 4.53. The number of carbonyl (C=O) groups excluding carboxylic acids is 2. The summed E-state index contributed by atoms with van der Waals surface area (Å²) >= 11 is 0. The number of hydrogen-bond donors (Lipinski definition) is 0. The number of methoxy groups -OCH3 is 1. The molecule has 15 heavy (non-hydrogen) atoms. The minimum absolute atomic E-state index is 0.0464. The Hall–Kier alpha value is -1.62. The molecule has 1 rings (SSSR count). The third-order valence-corrected chi connectivity index (χ3v) is 1.84. The van der Waals surface area contributed by atoms with E-state index in [1.807, 2.05) is 0 Å². The number of rotatable bonds is 6. The maximum Gasteiger partial charge on any atom is 0.326 e. The molecule has 0 aromatic carbocycles. The predicted octanol–water partition coefficient (Wildman–Crippen LogP) is 0.490. The van der Waals surface area contributed by atoms with E-state index in [0.717, 1.165) is 0 Å². The van der Waals surface area contributed by atoms with Gasteiger partial charge in [0.15, 0.2) is 6.29 Å². The van der Waals surface area contributed by atoms with E-state index in [-0.39, 0.29) is 19.1 Å². The van der Waals surface area contributed by atoms with Gasteiger partial charge in [-0.25, -0.2) is 0 Å². The van der Waals surface area contributed by atoms with Crippen molar-refractivity contribution in [3.8, 4) is 0 Å². The molecule has 0 unspecified atom stereocenters. The van der Waals surface area contributed by atoms with Gasteiger partial charge in [-0.1, -0.05) is 0 Å². The Bertz CT molecular complexity index is 332. The van der Waals surface area contributed by atoms with Gasteiger partial charge in [-0.3, -0.25) is 9.59 Å². The molecule has 0 radical (unpaired) electrons. The molecule has 0 saturated heterocycles. The molecular weight excluding hydrogens is 198 g/mol. The number of aldehydes is 1. The normalized spacial score (nSPS) is 9.93. The standard InChI is InChI=1S/C10H13NO4/c1-14-5-6-15-10(13)7-11-4-2-3-9(11)8-12/h2-4,8H,5-7H2,1H3. The smallest absolute Gasteiger partial charge is 0.326 e. The van der Waals surface area contributed by atoms with E-state index in [2.05, 4.69) is 0 Å². The van der Waals surface area contributed by atoms with Crippen molar-refractivity contribution in [2.45, 2.75) is 6.54 Å². The lowest BCUT2D eigenvalue weighted by Crippen LogP contribution is -2.16. The van der Waals surface area contributed by atoms with Gasteiger partial charge < -0.3 is 14.0 Å². The van der Waals surface area contributed by atoms with Gasteiger partial charge in [0.05, 0.1) is 12.3 Å². The van der Waals surface area contributed by atoms with Crippen LogP contribution in [0.3, 0.4) is 0 Å². The Kier molecular flexibility index (Phi) is 4.56. The highest BCUT2D eigenvalue weighted by molar-refractivity contribution is 5.75. The lowest BCUT2D eigenvalue weighted by atomic mass is 10.4. The molecule has 1 aromatic heterocycles. The van der Waals surface area contributed by atoms with Gasteiger partial charge in [0.1, 0.15) is 13.2 Å². The second-order valence-electron chi connectivity index (χ2n) is 2.89. The van der Waals surface area contributed by atoms with Crippen LogP contribution < -0.4 is 0 Å². The highest BCUT2D eigenvalue weighted by atomic mass is 16.6. The summed E-state index contributed by atoms with van der Waals surface area (Å²) in [5.41, 5.74) is 0.457. The number of carbonyl (C=O) groups is 2. The molecule has 5 nitrogen and oxygen atoms in total. The molecule has 0 atom stereocenters. The average molecular weight is 211 g/mol. The minimum Gasteiger partial charge on any atom is -0.462 e. The van der Waals surface area contributed by atoms with Crippen LogP contribution in [0.1, 0.15) is 10.5 Å². The van der Waals surface area contributed by atoms with Gasteiger partial charge >= 0.3 is 5.97 Å². The number of esters is 1. The van der Waals surface area contributed by atoms with Gasteiger partial charge in [-0.15, -0.1) is 0 Å². The zero-order chi connectivity index (χ0) is 11.1. The van der Waals surface area contributed by atoms with Gasteiger partial charge in [-0.05, 0) is 12.1 Å². The third-order valence-electron chi connectivity index (χ3n) is 1.84. The predicted molar refractivity (Wildman–Crippen MR) is 52.7 cm³/mol. The average Bonchev–Trinajstić information content (AvgIpc) is 2.65. The molecule has 0 bridgehead atoms. The Morgan fingerprint density at radius 2 is 2.33 bits per heavy atom. The lowest BCUT2D eigenvalue weighted by Gasteiger charge is -2.06. The van der Waals surface area contributed by atoms with Crippen LogP contribution in [0.15, 0.2) is 18.3 Å². The van der Waals surface area contributed by atoms with Crippen molar-refractivity contribution in [1.29, 1.82) is 0 Å². The Labute approximate surface area is 87.6 Å². The molecule has 0 fully saturated rings. The SMILES string of the molecule is COCCOC(=O)Cn1cccc1C=O. The molecule has 1 aromatic rings.